The third-order valence-corrected chi connectivity index (χ3v) is 4.29. The van der Waals surface area contributed by atoms with Gasteiger partial charge < -0.3 is 10.2 Å². The fourth-order valence-corrected chi connectivity index (χ4v) is 2.82. The summed E-state index contributed by atoms with van der Waals surface area (Å²) in [5.41, 5.74) is 2.10. The van der Waals surface area contributed by atoms with Crippen molar-refractivity contribution in [3.63, 3.8) is 0 Å². The van der Waals surface area contributed by atoms with E-state index >= 15 is 0 Å². The third kappa shape index (κ3) is 3.82. The van der Waals surface area contributed by atoms with Crippen molar-refractivity contribution in [2.24, 2.45) is 0 Å². The molecule has 136 valence electrons. The standard InChI is InChI=1S/C19H19F2N3O2/c1-2-13-3-5-14(6-4-13)22-18(25)12-23-9-10-24(19(23)26)15-7-8-16(20)17(21)11-15/h3-8,11H,2,9-10,12H2,1H3,(H,22,25). The van der Waals surface area contributed by atoms with Crippen molar-refractivity contribution in [1.29, 1.82) is 0 Å². The maximum atomic E-state index is 13.4. The van der Waals surface area contributed by atoms with Crippen LogP contribution in [-0.4, -0.2) is 36.5 Å². The molecule has 2 aromatic rings. The van der Waals surface area contributed by atoms with Crippen LogP contribution in [0, 0.1) is 11.6 Å². The molecule has 7 heteroatoms. The first-order valence-electron chi connectivity index (χ1n) is 8.38. The summed E-state index contributed by atoms with van der Waals surface area (Å²) in [6.45, 7) is 2.59. The summed E-state index contributed by atoms with van der Waals surface area (Å²) in [5.74, 6) is -2.29. The Labute approximate surface area is 150 Å². The number of benzene rings is 2. The van der Waals surface area contributed by atoms with Crippen LogP contribution in [0.25, 0.3) is 0 Å². The lowest BCUT2D eigenvalue weighted by atomic mass is 10.1. The van der Waals surface area contributed by atoms with Crippen LogP contribution in [0.5, 0.6) is 0 Å². The summed E-state index contributed by atoms with van der Waals surface area (Å²) in [4.78, 5) is 27.3. The summed E-state index contributed by atoms with van der Waals surface area (Å²) in [6.07, 6.45) is 0.913. The zero-order valence-electron chi connectivity index (χ0n) is 14.3. The van der Waals surface area contributed by atoms with Crippen molar-refractivity contribution in [3.05, 3.63) is 59.7 Å². The minimum Gasteiger partial charge on any atom is -0.325 e. The van der Waals surface area contributed by atoms with Crippen molar-refractivity contribution in [2.45, 2.75) is 13.3 Å². The van der Waals surface area contributed by atoms with Gasteiger partial charge >= 0.3 is 6.03 Å². The molecule has 0 saturated carbocycles. The van der Waals surface area contributed by atoms with Crippen molar-refractivity contribution in [3.8, 4) is 0 Å². The van der Waals surface area contributed by atoms with E-state index in [-0.39, 0.29) is 18.1 Å². The molecule has 0 aliphatic carbocycles. The molecule has 1 aliphatic rings. The highest BCUT2D eigenvalue weighted by molar-refractivity contribution is 5.99. The number of aryl methyl sites for hydroxylation is 1. The van der Waals surface area contributed by atoms with E-state index in [0.29, 0.717) is 18.8 Å². The smallest absolute Gasteiger partial charge is 0.325 e. The van der Waals surface area contributed by atoms with E-state index in [1.807, 2.05) is 31.2 Å². The van der Waals surface area contributed by atoms with Crippen LogP contribution in [0.15, 0.2) is 42.5 Å². The van der Waals surface area contributed by atoms with Crippen LogP contribution in [0.4, 0.5) is 25.0 Å². The second-order valence-electron chi connectivity index (χ2n) is 6.05. The molecule has 5 nitrogen and oxygen atoms in total. The molecule has 0 bridgehead atoms. The molecule has 2 aromatic carbocycles. The molecule has 0 radical (unpaired) electrons. The SMILES string of the molecule is CCc1ccc(NC(=O)CN2CCN(c3ccc(F)c(F)c3)C2=O)cc1. The lowest BCUT2D eigenvalue weighted by Crippen LogP contribution is -2.37. The van der Waals surface area contributed by atoms with Gasteiger partial charge in [0.15, 0.2) is 11.6 Å². The number of carbonyl (C=O) groups is 2. The number of rotatable bonds is 5. The minimum atomic E-state index is -1.01. The van der Waals surface area contributed by atoms with Crippen LogP contribution < -0.4 is 10.2 Å². The van der Waals surface area contributed by atoms with Gasteiger partial charge in [0.1, 0.15) is 6.54 Å². The fraction of sp³-hybridized carbons (Fsp3) is 0.263. The van der Waals surface area contributed by atoms with E-state index in [0.717, 1.165) is 18.6 Å². The molecule has 1 saturated heterocycles. The second-order valence-corrected chi connectivity index (χ2v) is 6.05. The Bertz CT molecular complexity index is 824. The molecule has 3 rings (SSSR count). The number of anilines is 2. The molecule has 0 unspecified atom stereocenters. The Morgan fingerprint density at radius 1 is 1.08 bits per heavy atom. The molecule has 1 N–H and O–H groups in total. The number of hydrogen-bond acceptors (Lipinski definition) is 2. The van der Waals surface area contributed by atoms with E-state index < -0.39 is 17.7 Å². The summed E-state index contributed by atoms with van der Waals surface area (Å²) in [5, 5.41) is 2.75. The molecule has 0 aromatic heterocycles. The number of halogens is 2. The Balaban J connectivity index is 1.60. The lowest BCUT2D eigenvalue weighted by molar-refractivity contribution is -0.116. The summed E-state index contributed by atoms with van der Waals surface area (Å²) >= 11 is 0. The predicted octanol–water partition coefficient (Wildman–Crippen LogP) is 3.41. The first-order valence-corrected chi connectivity index (χ1v) is 8.38. The Kier molecular flexibility index (Phi) is 5.16. The maximum absolute atomic E-state index is 13.4. The molecule has 3 amide bonds. The second kappa shape index (κ2) is 7.51. The Morgan fingerprint density at radius 3 is 2.46 bits per heavy atom. The highest BCUT2D eigenvalue weighted by Crippen LogP contribution is 2.22. The van der Waals surface area contributed by atoms with E-state index in [1.165, 1.54) is 21.4 Å². The zero-order valence-corrected chi connectivity index (χ0v) is 14.3. The first-order chi connectivity index (χ1) is 12.5. The third-order valence-electron chi connectivity index (χ3n) is 4.29. The van der Waals surface area contributed by atoms with Crippen molar-refractivity contribution in [1.82, 2.24) is 4.90 Å². The van der Waals surface area contributed by atoms with Crippen LogP contribution in [0.2, 0.25) is 0 Å². The fourth-order valence-electron chi connectivity index (χ4n) is 2.82. The van der Waals surface area contributed by atoms with E-state index in [4.69, 9.17) is 0 Å². The van der Waals surface area contributed by atoms with Crippen molar-refractivity contribution < 1.29 is 18.4 Å². The largest absolute Gasteiger partial charge is 0.325 e. The van der Waals surface area contributed by atoms with E-state index in [9.17, 15) is 18.4 Å². The van der Waals surface area contributed by atoms with Crippen LogP contribution in [0.3, 0.4) is 0 Å². The van der Waals surface area contributed by atoms with Gasteiger partial charge in [-0.05, 0) is 36.2 Å². The predicted molar refractivity (Wildman–Crippen MR) is 95.1 cm³/mol. The highest BCUT2D eigenvalue weighted by atomic mass is 19.2. The molecular weight excluding hydrogens is 340 g/mol. The normalized spacial score (nSPS) is 14.0. The van der Waals surface area contributed by atoms with Gasteiger partial charge in [-0.2, -0.15) is 0 Å². The number of urea groups is 1. The Hall–Kier alpha value is -2.96. The highest BCUT2D eigenvalue weighted by Gasteiger charge is 2.31. The topological polar surface area (TPSA) is 52.7 Å². The zero-order chi connectivity index (χ0) is 18.7. The molecular formula is C19H19F2N3O2. The number of nitrogens with one attached hydrogen (secondary N) is 1. The molecule has 0 spiro atoms. The number of amides is 3. The minimum absolute atomic E-state index is 0.103. The average Bonchev–Trinajstić information content (AvgIpc) is 2.98. The van der Waals surface area contributed by atoms with Gasteiger partial charge in [-0.1, -0.05) is 19.1 Å². The molecule has 1 fully saturated rings. The van der Waals surface area contributed by atoms with Crippen LogP contribution in [0.1, 0.15) is 12.5 Å². The maximum Gasteiger partial charge on any atom is 0.325 e. The Morgan fingerprint density at radius 2 is 1.81 bits per heavy atom. The van der Waals surface area contributed by atoms with E-state index in [2.05, 4.69) is 5.32 Å². The summed E-state index contributed by atoms with van der Waals surface area (Å²) < 4.78 is 26.4. The molecule has 26 heavy (non-hydrogen) atoms. The van der Waals surface area contributed by atoms with Crippen molar-refractivity contribution >= 4 is 23.3 Å². The van der Waals surface area contributed by atoms with Gasteiger partial charge in [-0.15, -0.1) is 0 Å². The van der Waals surface area contributed by atoms with Crippen LogP contribution >= 0.6 is 0 Å². The lowest BCUT2D eigenvalue weighted by Gasteiger charge is -2.18. The monoisotopic (exact) mass is 359 g/mol. The number of carbonyl (C=O) groups excluding carboxylic acids is 2. The molecule has 0 atom stereocenters. The van der Waals surface area contributed by atoms with Crippen LogP contribution in [-0.2, 0) is 11.2 Å². The van der Waals surface area contributed by atoms with Gasteiger partial charge in [-0.25, -0.2) is 13.6 Å². The molecule has 1 heterocycles. The summed E-state index contributed by atoms with van der Waals surface area (Å²) in [7, 11) is 0. The van der Waals surface area contributed by atoms with Gasteiger partial charge in [0.25, 0.3) is 0 Å². The molecule has 1 aliphatic heterocycles. The van der Waals surface area contributed by atoms with Gasteiger partial charge in [0.2, 0.25) is 5.91 Å². The van der Waals surface area contributed by atoms with Gasteiger partial charge in [-0.3, -0.25) is 9.69 Å². The van der Waals surface area contributed by atoms with E-state index in [1.54, 1.807) is 0 Å². The quantitative estimate of drug-likeness (QED) is 0.890. The average molecular weight is 359 g/mol. The van der Waals surface area contributed by atoms with Gasteiger partial charge in [0.05, 0.1) is 0 Å². The summed E-state index contributed by atoms with van der Waals surface area (Å²) in [6, 6.07) is 10.4. The first kappa shape index (κ1) is 17.8. The van der Waals surface area contributed by atoms with Gasteiger partial charge in [0, 0.05) is 30.5 Å². The number of hydrogen-bond donors (Lipinski definition) is 1. The number of nitrogens with zero attached hydrogens (tertiary/aromatic N) is 2. The van der Waals surface area contributed by atoms with Crippen molar-refractivity contribution in [2.75, 3.05) is 29.9 Å².